The first-order valence-corrected chi connectivity index (χ1v) is 8.48. The quantitative estimate of drug-likeness (QED) is 0.576. The highest BCUT2D eigenvalue weighted by molar-refractivity contribution is 5.80. The Hall–Kier alpha value is -1.75. The Morgan fingerprint density at radius 3 is 2.65 bits per heavy atom. The van der Waals surface area contributed by atoms with E-state index >= 15 is 0 Å². The van der Waals surface area contributed by atoms with Crippen LogP contribution in [0.25, 0.3) is 0 Å². The van der Waals surface area contributed by atoms with Crippen LogP contribution >= 0.6 is 0 Å². The number of aliphatic imine (C=N–C) groups is 1. The molecule has 5 heteroatoms. The van der Waals surface area contributed by atoms with Crippen molar-refractivity contribution in [3.05, 3.63) is 29.3 Å². The van der Waals surface area contributed by atoms with Crippen LogP contribution in [0.3, 0.4) is 0 Å². The molecule has 1 aliphatic rings. The summed E-state index contributed by atoms with van der Waals surface area (Å²) in [5.41, 5.74) is 2.29. The largest absolute Gasteiger partial charge is 0.496 e. The molecule has 0 amide bonds. The van der Waals surface area contributed by atoms with Crippen molar-refractivity contribution in [1.82, 2.24) is 10.6 Å². The molecule has 0 aromatic heterocycles. The normalized spacial score (nSPS) is 21.8. The van der Waals surface area contributed by atoms with E-state index in [1.807, 2.05) is 13.0 Å². The minimum absolute atomic E-state index is 0.130. The number of benzene rings is 1. The Labute approximate surface area is 139 Å². The molecular formula is C18H29N3O2. The lowest BCUT2D eigenvalue weighted by Crippen LogP contribution is -2.45. The Morgan fingerprint density at radius 2 is 2.04 bits per heavy atom. The van der Waals surface area contributed by atoms with Crippen molar-refractivity contribution in [1.29, 1.82) is 0 Å². The highest BCUT2D eigenvalue weighted by Gasteiger charge is 2.19. The summed E-state index contributed by atoms with van der Waals surface area (Å²) >= 11 is 0. The van der Waals surface area contributed by atoms with E-state index in [9.17, 15) is 5.11 Å². The van der Waals surface area contributed by atoms with Gasteiger partial charge in [-0.3, -0.25) is 0 Å². The zero-order chi connectivity index (χ0) is 16.7. The van der Waals surface area contributed by atoms with Gasteiger partial charge in [-0.2, -0.15) is 0 Å². The molecule has 0 bridgehead atoms. The van der Waals surface area contributed by atoms with Gasteiger partial charge in [-0.15, -0.1) is 0 Å². The van der Waals surface area contributed by atoms with Crippen molar-refractivity contribution < 1.29 is 9.84 Å². The summed E-state index contributed by atoms with van der Waals surface area (Å²) < 4.78 is 5.29. The standard InChI is InChI=1S/C18H29N3O2/c1-4-19-18(21-15-6-8-16(22)9-7-15)20-12-14-5-10-17(23-3)13(2)11-14/h5,10-11,15-16,22H,4,6-9,12H2,1-3H3,(H2,19,20,21). The summed E-state index contributed by atoms with van der Waals surface area (Å²) in [6, 6.07) is 6.55. The predicted molar refractivity (Wildman–Crippen MR) is 93.9 cm³/mol. The summed E-state index contributed by atoms with van der Waals surface area (Å²) in [5.74, 6) is 1.76. The Balaban J connectivity index is 1.96. The number of nitrogens with one attached hydrogen (secondary N) is 2. The van der Waals surface area contributed by atoms with Gasteiger partial charge in [0.25, 0.3) is 0 Å². The zero-order valence-corrected chi connectivity index (χ0v) is 14.4. The Kier molecular flexibility index (Phi) is 6.71. The van der Waals surface area contributed by atoms with Crippen LogP contribution in [0.2, 0.25) is 0 Å². The fourth-order valence-electron chi connectivity index (χ4n) is 2.94. The van der Waals surface area contributed by atoms with Gasteiger partial charge in [0.05, 0.1) is 19.8 Å². The van der Waals surface area contributed by atoms with Crippen molar-refractivity contribution in [2.75, 3.05) is 13.7 Å². The fourth-order valence-corrected chi connectivity index (χ4v) is 2.94. The maximum absolute atomic E-state index is 9.60. The first-order chi connectivity index (χ1) is 11.1. The van der Waals surface area contributed by atoms with Crippen molar-refractivity contribution in [3.8, 4) is 5.75 Å². The van der Waals surface area contributed by atoms with Gasteiger partial charge < -0.3 is 20.5 Å². The number of hydrogen-bond donors (Lipinski definition) is 3. The van der Waals surface area contributed by atoms with Gasteiger partial charge in [-0.25, -0.2) is 4.99 Å². The number of rotatable bonds is 5. The second kappa shape index (κ2) is 8.77. The third kappa shape index (κ3) is 5.43. The molecule has 23 heavy (non-hydrogen) atoms. The van der Waals surface area contributed by atoms with Gasteiger partial charge in [-0.05, 0) is 56.7 Å². The van der Waals surface area contributed by atoms with Crippen molar-refractivity contribution in [2.24, 2.45) is 4.99 Å². The lowest BCUT2D eigenvalue weighted by atomic mass is 9.93. The van der Waals surface area contributed by atoms with Crippen LogP contribution in [0.5, 0.6) is 5.75 Å². The lowest BCUT2D eigenvalue weighted by Gasteiger charge is -2.27. The third-order valence-corrected chi connectivity index (χ3v) is 4.26. The first-order valence-electron chi connectivity index (χ1n) is 8.48. The molecule has 0 heterocycles. The van der Waals surface area contributed by atoms with Gasteiger partial charge in [0, 0.05) is 12.6 Å². The van der Waals surface area contributed by atoms with Crippen LogP contribution in [0.1, 0.15) is 43.7 Å². The van der Waals surface area contributed by atoms with Gasteiger partial charge in [0.15, 0.2) is 5.96 Å². The molecular weight excluding hydrogens is 290 g/mol. The molecule has 0 radical (unpaired) electrons. The predicted octanol–water partition coefficient (Wildman–Crippen LogP) is 2.36. The van der Waals surface area contributed by atoms with E-state index in [0.717, 1.165) is 49.5 Å². The number of aryl methyl sites for hydroxylation is 1. The highest BCUT2D eigenvalue weighted by Crippen LogP contribution is 2.19. The molecule has 1 fully saturated rings. The molecule has 0 atom stereocenters. The van der Waals surface area contributed by atoms with Gasteiger partial charge in [-0.1, -0.05) is 12.1 Å². The van der Waals surface area contributed by atoms with E-state index in [4.69, 9.17) is 4.74 Å². The second-order valence-electron chi connectivity index (χ2n) is 6.15. The molecule has 1 saturated carbocycles. The minimum Gasteiger partial charge on any atom is -0.496 e. The average Bonchev–Trinajstić information content (AvgIpc) is 2.55. The van der Waals surface area contributed by atoms with E-state index < -0.39 is 0 Å². The highest BCUT2D eigenvalue weighted by atomic mass is 16.5. The maximum Gasteiger partial charge on any atom is 0.191 e. The number of aliphatic hydroxyl groups excluding tert-OH is 1. The molecule has 1 aromatic carbocycles. The van der Waals surface area contributed by atoms with Gasteiger partial charge >= 0.3 is 0 Å². The molecule has 0 saturated heterocycles. The monoisotopic (exact) mass is 319 g/mol. The van der Waals surface area contributed by atoms with Crippen LogP contribution in [0.4, 0.5) is 0 Å². The molecule has 2 rings (SSSR count). The van der Waals surface area contributed by atoms with Gasteiger partial charge in [0.1, 0.15) is 5.75 Å². The minimum atomic E-state index is -0.130. The number of ether oxygens (including phenoxy) is 1. The van der Waals surface area contributed by atoms with E-state index in [-0.39, 0.29) is 6.10 Å². The number of methoxy groups -OCH3 is 1. The van der Waals surface area contributed by atoms with Crippen LogP contribution in [0.15, 0.2) is 23.2 Å². The van der Waals surface area contributed by atoms with Gasteiger partial charge in [0.2, 0.25) is 0 Å². The van der Waals surface area contributed by atoms with E-state index in [1.54, 1.807) is 7.11 Å². The smallest absolute Gasteiger partial charge is 0.191 e. The third-order valence-electron chi connectivity index (χ3n) is 4.26. The fraction of sp³-hybridized carbons (Fsp3) is 0.611. The molecule has 1 aromatic rings. The molecule has 0 aliphatic heterocycles. The summed E-state index contributed by atoms with van der Waals surface area (Å²) in [5, 5.41) is 16.4. The maximum atomic E-state index is 9.60. The van der Waals surface area contributed by atoms with Crippen LogP contribution in [-0.2, 0) is 6.54 Å². The van der Waals surface area contributed by atoms with Crippen molar-refractivity contribution >= 4 is 5.96 Å². The first kappa shape index (κ1) is 17.6. The number of nitrogens with zero attached hydrogens (tertiary/aromatic N) is 1. The average molecular weight is 319 g/mol. The second-order valence-corrected chi connectivity index (χ2v) is 6.15. The van der Waals surface area contributed by atoms with Crippen molar-refractivity contribution in [2.45, 2.75) is 58.2 Å². The molecule has 1 aliphatic carbocycles. The van der Waals surface area contributed by atoms with Crippen molar-refractivity contribution in [3.63, 3.8) is 0 Å². The topological polar surface area (TPSA) is 65.9 Å². The molecule has 128 valence electrons. The van der Waals surface area contributed by atoms with Crippen LogP contribution in [-0.4, -0.2) is 36.9 Å². The number of guanidine groups is 1. The van der Waals surface area contributed by atoms with Crippen LogP contribution < -0.4 is 15.4 Å². The molecule has 0 spiro atoms. The van der Waals surface area contributed by atoms with E-state index in [1.165, 1.54) is 5.56 Å². The molecule has 0 unspecified atom stereocenters. The van der Waals surface area contributed by atoms with Crippen LogP contribution in [0, 0.1) is 6.92 Å². The number of hydrogen-bond acceptors (Lipinski definition) is 3. The van der Waals surface area contributed by atoms with E-state index in [0.29, 0.717) is 12.6 Å². The summed E-state index contributed by atoms with van der Waals surface area (Å²) in [4.78, 5) is 4.68. The molecule has 5 nitrogen and oxygen atoms in total. The molecule has 3 N–H and O–H groups in total. The lowest BCUT2D eigenvalue weighted by molar-refractivity contribution is 0.120. The van der Waals surface area contributed by atoms with E-state index in [2.05, 4.69) is 34.7 Å². The Morgan fingerprint density at radius 1 is 1.30 bits per heavy atom. The summed E-state index contributed by atoms with van der Waals surface area (Å²) in [6.07, 6.45) is 3.60. The zero-order valence-electron chi connectivity index (χ0n) is 14.4. The summed E-state index contributed by atoms with van der Waals surface area (Å²) in [6.45, 7) is 5.58. The Bertz CT molecular complexity index is 523. The number of aliphatic hydroxyl groups is 1. The SMILES string of the molecule is CCNC(=NCc1ccc(OC)c(C)c1)NC1CCC(O)CC1. The summed E-state index contributed by atoms with van der Waals surface area (Å²) in [7, 11) is 1.69.